The summed E-state index contributed by atoms with van der Waals surface area (Å²) < 4.78 is 10.8. The van der Waals surface area contributed by atoms with E-state index >= 15 is 0 Å². The SMILES string of the molecule is CCCCOC(C)OCc1nc(N)nc(N)n1. The molecule has 0 saturated carbocycles. The molecule has 0 aliphatic rings. The molecule has 0 amide bonds. The minimum absolute atomic E-state index is 0.0932. The van der Waals surface area contributed by atoms with E-state index in [4.69, 9.17) is 20.9 Å². The van der Waals surface area contributed by atoms with Crippen LogP contribution in [0.1, 0.15) is 32.5 Å². The van der Waals surface area contributed by atoms with Crippen LogP contribution < -0.4 is 11.5 Å². The van der Waals surface area contributed by atoms with Crippen LogP contribution in [0.4, 0.5) is 11.9 Å². The van der Waals surface area contributed by atoms with Gasteiger partial charge in [0.15, 0.2) is 12.1 Å². The smallest absolute Gasteiger partial charge is 0.225 e. The van der Waals surface area contributed by atoms with Crippen LogP contribution in [-0.4, -0.2) is 27.8 Å². The first-order valence-electron chi connectivity index (χ1n) is 5.61. The molecular weight excluding hydrogens is 222 g/mol. The van der Waals surface area contributed by atoms with Crippen molar-refractivity contribution < 1.29 is 9.47 Å². The zero-order valence-corrected chi connectivity index (χ0v) is 10.2. The molecule has 0 aliphatic heterocycles. The molecule has 1 rings (SSSR count). The minimum Gasteiger partial charge on any atom is -0.368 e. The Morgan fingerprint density at radius 2 is 1.76 bits per heavy atom. The Kier molecular flexibility index (Phi) is 5.58. The van der Waals surface area contributed by atoms with Gasteiger partial charge in [-0.25, -0.2) is 0 Å². The molecule has 7 nitrogen and oxygen atoms in total. The Hall–Kier alpha value is -1.47. The predicted octanol–water partition coefficient (Wildman–Crippen LogP) is 0.715. The third-order valence-electron chi connectivity index (χ3n) is 2.01. The van der Waals surface area contributed by atoms with E-state index in [2.05, 4.69) is 21.9 Å². The second-order valence-corrected chi connectivity index (χ2v) is 3.57. The molecule has 96 valence electrons. The Labute approximate surface area is 101 Å². The largest absolute Gasteiger partial charge is 0.368 e. The van der Waals surface area contributed by atoms with Crippen LogP contribution in [0.3, 0.4) is 0 Å². The molecule has 4 N–H and O–H groups in total. The van der Waals surface area contributed by atoms with E-state index in [0.717, 1.165) is 12.8 Å². The topological polar surface area (TPSA) is 109 Å². The van der Waals surface area contributed by atoms with Crippen molar-refractivity contribution in [2.24, 2.45) is 0 Å². The van der Waals surface area contributed by atoms with Gasteiger partial charge in [-0.05, 0) is 13.3 Å². The summed E-state index contributed by atoms with van der Waals surface area (Å²) >= 11 is 0. The van der Waals surface area contributed by atoms with Gasteiger partial charge in [-0.2, -0.15) is 15.0 Å². The number of unbranched alkanes of at least 4 members (excludes halogenated alkanes) is 1. The zero-order valence-electron chi connectivity index (χ0n) is 10.2. The summed E-state index contributed by atoms with van der Waals surface area (Å²) in [5.74, 6) is 0.590. The number of nitrogen functional groups attached to an aromatic ring is 2. The summed E-state index contributed by atoms with van der Waals surface area (Å²) in [4.78, 5) is 11.5. The molecule has 0 bridgehead atoms. The first-order valence-corrected chi connectivity index (χ1v) is 5.61. The zero-order chi connectivity index (χ0) is 12.7. The molecule has 0 saturated heterocycles. The predicted molar refractivity (Wildman–Crippen MR) is 63.8 cm³/mol. The van der Waals surface area contributed by atoms with Crippen LogP contribution in [0, 0.1) is 0 Å². The third-order valence-corrected chi connectivity index (χ3v) is 2.01. The lowest BCUT2D eigenvalue weighted by atomic mass is 10.4. The number of rotatable bonds is 7. The van der Waals surface area contributed by atoms with Crippen molar-refractivity contribution in [1.29, 1.82) is 0 Å². The number of nitrogens with two attached hydrogens (primary N) is 2. The van der Waals surface area contributed by atoms with Gasteiger partial charge >= 0.3 is 0 Å². The average Bonchev–Trinajstić information content (AvgIpc) is 2.25. The number of hydrogen-bond donors (Lipinski definition) is 2. The van der Waals surface area contributed by atoms with Gasteiger partial charge in [-0.1, -0.05) is 13.3 Å². The molecule has 17 heavy (non-hydrogen) atoms. The summed E-state index contributed by atoms with van der Waals surface area (Å²) in [6.07, 6.45) is 1.80. The summed E-state index contributed by atoms with van der Waals surface area (Å²) in [6.45, 7) is 4.80. The van der Waals surface area contributed by atoms with Gasteiger partial charge in [0.1, 0.15) is 6.61 Å². The van der Waals surface area contributed by atoms with E-state index in [-0.39, 0.29) is 24.8 Å². The normalized spacial score (nSPS) is 12.6. The van der Waals surface area contributed by atoms with Crippen molar-refractivity contribution in [3.63, 3.8) is 0 Å². The van der Waals surface area contributed by atoms with Crippen LogP contribution in [0.2, 0.25) is 0 Å². The molecule has 1 atom stereocenters. The number of ether oxygens (including phenoxy) is 2. The molecule has 0 aromatic carbocycles. The van der Waals surface area contributed by atoms with Gasteiger partial charge in [0.05, 0.1) is 0 Å². The molecule has 1 unspecified atom stereocenters. The monoisotopic (exact) mass is 241 g/mol. The molecule has 0 fully saturated rings. The first kappa shape index (κ1) is 13.6. The fraction of sp³-hybridized carbons (Fsp3) is 0.700. The Morgan fingerprint density at radius 3 is 2.35 bits per heavy atom. The fourth-order valence-electron chi connectivity index (χ4n) is 1.16. The van der Waals surface area contributed by atoms with Gasteiger partial charge in [-0.15, -0.1) is 0 Å². The standard InChI is InChI=1S/C10H19N5O2/c1-3-4-5-16-7(2)17-6-8-13-9(11)15-10(12)14-8/h7H,3-6H2,1-2H3,(H4,11,12,13,14,15). The van der Waals surface area contributed by atoms with E-state index in [0.29, 0.717) is 12.4 Å². The maximum atomic E-state index is 5.44. The lowest BCUT2D eigenvalue weighted by molar-refractivity contribution is -0.139. The van der Waals surface area contributed by atoms with Gasteiger partial charge in [0.25, 0.3) is 0 Å². The van der Waals surface area contributed by atoms with Crippen LogP contribution in [0.15, 0.2) is 0 Å². The quantitative estimate of drug-likeness (QED) is 0.534. The van der Waals surface area contributed by atoms with Gasteiger partial charge < -0.3 is 20.9 Å². The van der Waals surface area contributed by atoms with Crippen molar-refractivity contribution in [3.8, 4) is 0 Å². The van der Waals surface area contributed by atoms with Crippen molar-refractivity contribution in [2.45, 2.75) is 39.6 Å². The summed E-state index contributed by atoms with van der Waals surface area (Å²) in [5.41, 5.74) is 10.9. The van der Waals surface area contributed by atoms with E-state index in [1.807, 2.05) is 6.92 Å². The van der Waals surface area contributed by atoms with Crippen molar-refractivity contribution in [3.05, 3.63) is 5.82 Å². The van der Waals surface area contributed by atoms with Crippen molar-refractivity contribution >= 4 is 11.9 Å². The molecule has 1 aromatic heterocycles. The maximum absolute atomic E-state index is 5.44. The molecule has 1 heterocycles. The summed E-state index contributed by atoms with van der Waals surface area (Å²) in [6, 6.07) is 0. The van der Waals surface area contributed by atoms with Crippen molar-refractivity contribution in [2.75, 3.05) is 18.1 Å². The van der Waals surface area contributed by atoms with Crippen LogP contribution >= 0.6 is 0 Å². The Bertz CT molecular complexity index is 327. The molecule has 7 heteroatoms. The van der Waals surface area contributed by atoms with E-state index in [9.17, 15) is 0 Å². The van der Waals surface area contributed by atoms with E-state index in [1.54, 1.807) is 0 Å². The lowest BCUT2D eigenvalue weighted by Gasteiger charge is -2.13. The second kappa shape index (κ2) is 6.97. The average molecular weight is 241 g/mol. The summed E-state index contributed by atoms with van der Waals surface area (Å²) in [5, 5.41) is 0. The number of hydrogen-bond acceptors (Lipinski definition) is 7. The van der Waals surface area contributed by atoms with Crippen LogP contribution in [-0.2, 0) is 16.1 Å². The molecule has 0 spiro atoms. The van der Waals surface area contributed by atoms with Gasteiger partial charge in [-0.3, -0.25) is 0 Å². The highest BCUT2D eigenvalue weighted by atomic mass is 16.7. The fourth-order valence-corrected chi connectivity index (χ4v) is 1.16. The van der Waals surface area contributed by atoms with Crippen LogP contribution in [0.25, 0.3) is 0 Å². The molecular formula is C10H19N5O2. The second-order valence-electron chi connectivity index (χ2n) is 3.57. The summed E-state index contributed by atoms with van der Waals surface area (Å²) in [7, 11) is 0. The third kappa shape index (κ3) is 5.41. The maximum Gasteiger partial charge on any atom is 0.225 e. The van der Waals surface area contributed by atoms with Gasteiger partial charge in [0.2, 0.25) is 11.9 Å². The molecule has 0 aliphatic carbocycles. The van der Waals surface area contributed by atoms with Crippen molar-refractivity contribution in [1.82, 2.24) is 15.0 Å². The number of anilines is 2. The highest BCUT2D eigenvalue weighted by Crippen LogP contribution is 2.03. The number of nitrogens with zero attached hydrogens (tertiary/aromatic N) is 3. The lowest BCUT2D eigenvalue weighted by Crippen LogP contribution is -2.15. The van der Waals surface area contributed by atoms with E-state index < -0.39 is 0 Å². The van der Waals surface area contributed by atoms with E-state index in [1.165, 1.54) is 0 Å². The highest BCUT2D eigenvalue weighted by Gasteiger charge is 2.06. The Morgan fingerprint density at radius 1 is 1.12 bits per heavy atom. The number of aromatic nitrogens is 3. The molecule has 0 radical (unpaired) electrons. The first-order chi connectivity index (χ1) is 8.11. The minimum atomic E-state index is -0.305. The van der Waals surface area contributed by atoms with Gasteiger partial charge in [0, 0.05) is 6.61 Å². The molecule has 1 aromatic rings. The van der Waals surface area contributed by atoms with Crippen LogP contribution in [0.5, 0.6) is 0 Å². The Balaban J connectivity index is 2.34. The highest BCUT2D eigenvalue weighted by molar-refractivity contribution is 5.25.